The highest BCUT2D eigenvalue weighted by Crippen LogP contribution is 2.33. The van der Waals surface area contributed by atoms with Gasteiger partial charge >= 0.3 is 0 Å². The van der Waals surface area contributed by atoms with Gasteiger partial charge in [0.25, 0.3) is 0 Å². The van der Waals surface area contributed by atoms with Gasteiger partial charge in [0.2, 0.25) is 0 Å². The van der Waals surface area contributed by atoms with Gasteiger partial charge in [0.05, 0.1) is 0 Å². The molecule has 0 aromatic carbocycles. The van der Waals surface area contributed by atoms with Crippen LogP contribution in [-0.2, 0) is 0 Å². The summed E-state index contributed by atoms with van der Waals surface area (Å²) in [5, 5.41) is 0. The summed E-state index contributed by atoms with van der Waals surface area (Å²) in [4.78, 5) is 0. The Labute approximate surface area is 92.6 Å². The molecule has 1 rings (SSSR count). The number of allylic oxidation sites excluding steroid dienone is 5. The zero-order chi connectivity index (χ0) is 11.4. The Hall–Kier alpha value is -0.850. The third-order valence-corrected chi connectivity index (χ3v) is 3.36. The van der Waals surface area contributed by atoms with Gasteiger partial charge < -0.3 is 0 Å². The van der Waals surface area contributed by atoms with Gasteiger partial charge in [0, 0.05) is 0 Å². The van der Waals surface area contributed by atoms with Crippen molar-refractivity contribution in [1.29, 1.82) is 0 Å². The minimum absolute atomic E-state index is 0.0524. The Morgan fingerprint density at radius 2 is 2.13 bits per heavy atom. The van der Waals surface area contributed by atoms with Gasteiger partial charge in [-0.2, -0.15) is 0 Å². The molecule has 84 valence electrons. The van der Waals surface area contributed by atoms with E-state index in [1.165, 1.54) is 5.57 Å². The smallest absolute Gasteiger partial charge is 0.126 e. The molecule has 0 N–H and O–H groups in total. The first kappa shape index (κ1) is 12.2. The summed E-state index contributed by atoms with van der Waals surface area (Å²) >= 11 is 0. The van der Waals surface area contributed by atoms with Gasteiger partial charge in [-0.1, -0.05) is 32.9 Å². The summed E-state index contributed by atoms with van der Waals surface area (Å²) in [7, 11) is 0. The second kappa shape index (κ2) is 5.29. The van der Waals surface area contributed by atoms with Crippen molar-refractivity contribution < 1.29 is 4.39 Å². The zero-order valence-corrected chi connectivity index (χ0v) is 10.1. The molecule has 0 saturated carbocycles. The lowest BCUT2D eigenvalue weighted by molar-refractivity contribution is 0.580. The van der Waals surface area contributed by atoms with Crippen molar-refractivity contribution in [2.45, 2.75) is 46.5 Å². The molecular weight excluding hydrogens is 187 g/mol. The Bertz CT molecular complexity index is 307. The molecule has 0 nitrogen and oxygen atoms in total. The highest BCUT2D eigenvalue weighted by atomic mass is 19.1. The molecule has 0 bridgehead atoms. The van der Waals surface area contributed by atoms with E-state index in [4.69, 9.17) is 0 Å². The molecule has 1 aliphatic carbocycles. The van der Waals surface area contributed by atoms with E-state index in [1.807, 2.05) is 6.92 Å². The Kier molecular flexibility index (Phi) is 4.31. The maximum atomic E-state index is 13.8. The molecule has 1 unspecified atom stereocenters. The van der Waals surface area contributed by atoms with Gasteiger partial charge in [-0.3, -0.25) is 0 Å². The summed E-state index contributed by atoms with van der Waals surface area (Å²) in [6.07, 6.45) is 5.48. The molecule has 0 aromatic rings. The number of halogens is 1. The summed E-state index contributed by atoms with van der Waals surface area (Å²) in [5.41, 5.74) is 3.04. The average Bonchev–Trinajstić information content (AvgIpc) is 2.26. The van der Waals surface area contributed by atoms with E-state index in [2.05, 4.69) is 20.4 Å². The van der Waals surface area contributed by atoms with E-state index in [0.29, 0.717) is 5.92 Å². The van der Waals surface area contributed by atoms with Crippen LogP contribution in [0.1, 0.15) is 46.5 Å². The third-order valence-electron chi connectivity index (χ3n) is 3.36. The average molecular weight is 208 g/mol. The SMILES string of the molecule is C=C(CC)C1=C(F)C=C(C(C)CC)CC1. The quantitative estimate of drug-likeness (QED) is 0.613. The molecule has 1 heteroatoms. The van der Waals surface area contributed by atoms with Crippen molar-refractivity contribution in [3.05, 3.63) is 35.2 Å². The first-order valence-electron chi connectivity index (χ1n) is 5.87. The molecule has 0 saturated heterocycles. The van der Waals surface area contributed by atoms with Gasteiger partial charge in [0.1, 0.15) is 5.83 Å². The van der Waals surface area contributed by atoms with Crippen molar-refractivity contribution >= 4 is 0 Å². The van der Waals surface area contributed by atoms with Crippen LogP contribution in [0.3, 0.4) is 0 Å². The van der Waals surface area contributed by atoms with E-state index >= 15 is 0 Å². The highest BCUT2D eigenvalue weighted by Gasteiger charge is 2.17. The summed E-state index contributed by atoms with van der Waals surface area (Å²) in [5.74, 6) is 0.454. The van der Waals surface area contributed by atoms with E-state index in [0.717, 1.165) is 36.8 Å². The predicted octanol–water partition coefficient (Wildman–Crippen LogP) is 4.94. The van der Waals surface area contributed by atoms with Gasteiger partial charge in [-0.05, 0) is 48.8 Å². The maximum Gasteiger partial charge on any atom is 0.126 e. The second-order valence-corrected chi connectivity index (χ2v) is 4.31. The molecule has 0 spiro atoms. The minimum atomic E-state index is -0.0524. The van der Waals surface area contributed by atoms with Crippen LogP contribution in [0.5, 0.6) is 0 Å². The van der Waals surface area contributed by atoms with Crippen molar-refractivity contribution in [3.8, 4) is 0 Å². The Morgan fingerprint density at radius 3 is 2.60 bits per heavy atom. The number of hydrogen-bond donors (Lipinski definition) is 0. The van der Waals surface area contributed by atoms with Crippen LogP contribution in [0.15, 0.2) is 35.2 Å². The summed E-state index contributed by atoms with van der Waals surface area (Å²) in [6.45, 7) is 10.2. The molecule has 1 atom stereocenters. The van der Waals surface area contributed by atoms with E-state index in [9.17, 15) is 4.39 Å². The van der Waals surface area contributed by atoms with Crippen molar-refractivity contribution in [3.63, 3.8) is 0 Å². The molecule has 0 fully saturated rings. The molecule has 0 aliphatic heterocycles. The topological polar surface area (TPSA) is 0 Å². The van der Waals surface area contributed by atoms with Crippen LogP contribution in [0.2, 0.25) is 0 Å². The normalized spacial score (nSPS) is 18.8. The largest absolute Gasteiger partial charge is 0.207 e. The molecule has 1 aliphatic rings. The lowest BCUT2D eigenvalue weighted by Crippen LogP contribution is -2.05. The van der Waals surface area contributed by atoms with Gasteiger partial charge in [-0.25, -0.2) is 4.39 Å². The minimum Gasteiger partial charge on any atom is -0.207 e. The van der Waals surface area contributed by atoms with Crippen LogP contribution in [0.25, 0.3) is 0 Å². The van der Waals surface area contributed by atoms with Crippen LogP contribution in [0, 0.1) is 5.92 Å². The predicted molar refractivity (Wildman–Crippen MR) is 64.3 cm³/mol. The van der Waals surface area contributed by atoms with Crippen molar-refractivity contribution in [2.24, 2.45) is 5.92 Å². The Morgan fingerprint density at radius 1 is 1.47 bits per heavy atom. The number of hydrogen-bond acceptors (Lipinski definition) is 0. The molecule has 0 amide bonds. The third kappa shape index (κ3) is 2.80. The Balaban J connectivity index is 2.88. The van der Waals surface area contributed by atoms with E-state index in [-0.39, 0.29) is 5.83 Å². The van der Waals surface area contributed by atoms with Crippen LogP contribution in [-0.4, -0.2) is 0 Å². The summed E-state index contributed by atoms with van der Waals surface area (Å²) in [6, 6.07) is 0. The molecule has 0 aromatic heterocycles. The molecule has 0 radical (unpaired) electrons. The fourth-order valence-corrected chi connectivity index (χ4v) is 1.92. The number of rotatable bonds is 4. The van der Waals surface area contributed by atoms with E-state index < -0.39 is 0 Å². The molecule has 0 heterocycles. The lowest BCUT2D eigenvalue weighted by Gasteiger charge is -2.21. The van der Waals surface area contributed by atoms with E-state index in [1.54, 1.807) is 6.08 Å². The second-order valence-electron chi connectivity index (χ2n) is 4.31. The standard InChI is InChI=1S/C14H21F/c1-5-10(3)12-7-8-13(11(4)6-2)14(15)9-12/h9-10H,4-8H2,1-3H3. The van der Waals surface area contributed by atoms with Crippen LogP contribution in [0.4, 0.5) is 4.39 Å². The first-order chi connectivity index (χ1) is 7.10. The summed E-state index contributed by atoms with van der Waals surface area (Å²) < 4.78 is 13.8. The fraction of sp³-hybridized carbons (Fsp3) is 0.571. The zero-order valence-electron chi connectivity index (χ0n) is 10.1. The van der Waals surface area contributed by atoms with Crippen LogP contribution >= 0.6 is 0 Å². The molecule has 15 heavy (non-hydrogen) atoms. The molecular formula is C14H21F. The fourth-order valence-electron chi connectivity index (χ4n) is 1.92. The van der Waals surface area contributed by atoms with Crippen LogP contribution < -0.4 is 0 Å². The monoisotopic (exact) mass is 208 g/mol. The van der Waals surface area contributed by atoms with Crippen molar-refractivity contribution in [1.82, 2.24) is 0 Å². The lowest BCUT2D eigenvalue weighted by atomic mass is 9.86. The van der Waals surface area contributed by atoms with Crippen molar-refractivity contribution in [2.75, 3.05) is 0 Å². The first-order valence-corrected chi connectivity index (χ1v) is 5.87. The maximum absolute atomic E-state index is 13.8. The van der Waals surface area contributed by atoms with Gasteiger partial charge in [-0.15, -0.1) is 0 Å². The van der Waals surface area contributed by atoms with Gasteiger partial charge in [0.15, 0.2) is 0 Å². The highest BCUT2D eigenvalue weighted by molar-refractivity contribution is 5.40.